The van der Waals surface area contributed by atoms with E-state index in [1.807, 2.05) is 36.4 Å². The molecular formula is C14H12N3O+. The first-order chi connectivity index (χ1) is 8.72. The lowest BCUT2D eigenvalue weighted by molar-refractivity contribution is -0.569. The number of rotatable bonds is 1. The van der Waals surface area contributed by atoms with Crippen molar-refractivity contribution in [2.75, 3.05) is 11.9 Å². The lowest BCUT2D eigenvalue weighted by atomic mass is 10.3. The van der Waals surface area contributed by atoms with Crippen LogP contribution in [-0.4, -0.2) is 13.1 Å². The second-order valence-electron chi connectivity index (χ2n) is 3.78. The van der Waals surface area contributed by atoms with Gasteiger partial charge in [-0.2, -0.15) is 19.5 Å². The summed E-state index contributed by atoms with van der Waals surface area (Å²) in [7, 11) is 1.71. The SMILES string of the molecule is CN(C(=O)[n+]1ccc(C#N)cc1)c1ccccc1. The Bertz CT molecular complexity index is 585. The fourth-order valence-corrected chi connectivity index (χ4v) is 1.56. The number of nitriles is 1. The van der Waals surface area contributed by atoms with Crippen LogP contribution in [0, 0.1) is 11.3 Å². The van der Waals surface area contributed by atoms with E-state index in [0.717, 1.165) is 5.69 Å². The Hall–Kier alpha value is -2.67. The van der Waals surface area contributed by atoms with Gasteiger partial charge < -0.3 is 0 Å². The van der Waals surface area contributed by atoms with Gasteiger partial charge in [0.15, 0.2) is 0 Å². The van der Waals surface area contributed by atoms with Crippen molar-refractivity contribution in [1.29, 1.82) is 5.26 Å². The standard InChI is InChI=1S/C14H12N3O/c1-16(13-5-3-2-4-6-13)14(18)17-9-7-12(11-15)8-10-17/h2-10H,1H3/q+1. The third-order valence-electron chi connectivity index (χ3n) is 2.61. The Morgan fingerprint density at radius 1 is 1.17 bits per heavy atom. The summed E-state index contributed by atoms with van der Waals surface area (Å²) in [4.78, 5) is 13.7. The molecule has 0 spiro atoms. The van der Waals surface area contributed by atoms with Gasteiger partial charge in [-0.25, -0.2) is 0 Å². The second kappa shape index (κ2) is 5.11. The van der Waals surface area contributed by atoms with Crippen LogP contribution in [0.2, 0.25) is 0 Å². The third-order valence-corrected chi connectivity index (χ3v) is 2.61. The van der Waals surface area contributed by atoms with Gasteiger partial charge >= 0.3 is 6.03 Å². The Kier molecular flexibility index (Phi) is 3.35. The van der Waals surface area contributed by atoms with Crippen LogP contribution in [0.3, 0.4) is 0 Å². The topological polar surface area (TPSA) is 48.0 Å². The molecule has 1 aromatic heterocycles. The molecule has 88 valence electrons. The summed E-state index contributed by atoms with van der Waals surface area (Å²) in [5.41, 5.74) is 1.35. The van der Waals surface area contributed by atoms with Gasteiger partial charge in [-0.05, 0) is 24.3 Å². The number of hydrogen-bond acceptors (Lipinski definition) is 2. The molecule has 0 saturated heterocycles. The largest absolute Gasteiger partial charge is 0.502 e. The van der Waals surface area contributed by atoms with Crippen LogP contribution < -0.4 is 9.47 Å². The Labute approximate surface area is 105 Å². The van der Waals surface area contributed by atoms with Crippen molar-refractivity contribution >= 4 is 11.7 Å². The van der Waals surface area contributed by atoms with Gasteiger partial charge in [-0.3, -0.25) is 0 Å². The molecule has 4 nitrogen and oxygen atoms in total. The zero-order valence-electron chi connectivity index (χ0n) is 9.95. The molecule has 0 fully saturated rings. The van der Waals surface area contributed by atoms with E-state index in [0.29, 0.717) is 5.56 Å². The summed E-state index contributed by atoms with van der Waals surface area (Å²) in [5.74, 6) is 0. The number of aromatic nitrogens is 1. The van der Waals surface area contributed by atoms with Crippen LogP contribution in [0.5, 0.6) is 0 Å². The van der Waals surface area contributed by atoms with E-state index in [2.05, 4.69) is 0 Å². The number of benzene rings is 1. The summed E-state index contributed by atoms with van der Waals surface area (Å²) < 4.78 is 1.44. The molecule has 1 amide bonds. The first kappa shape index (κ1) is 11.8. The van der Waals surface area contributed by atoms with Crippen LogP contribution in [-0.2, 0) is 0 Å². The number of pyridine rings is 1. The fraction of sp³-hybridized carbons (Fsp3) is 0.0714. The number of hydrogen-bond donors (Lipinski definition) is 0. The van der Waals surface area contributed by atoms with Crippen LogP contribution in [0.25, 0.3) is 0 Å². The normalized spacial score (nSPS) is 9.56. The predicted octanol–water partition coefficient (Wildman–Crippen LogP) is 1.95. The molecule has 0 aliphatic carbocycles. The summed E-state index contributed by atoms with van der Waals surface area (Å²) in [6.07, 6.45) is 3.17. The lowest BCUT2D eigenvalue weighted by Gasteiger charge is -2.08. The second-order valence-corrected chi connectivity index (χ2v) is 3.78. The summed E-state index contributed by atoms with van der Waals surface area (Å²) >= 11 is 0. The highest BCUT2D eigenvalue weighted by Crippen LogP contribution is 2.10. The molecule has 0 aliphatic heterocycles. The Balaban J connectivity index is 2.23. The number of carbonyl (C=O) groups excluding carboxylic acids is 1. The molecule has 2 rings (SSSR count). The number of nitrogens with zero attached hydrogens (tertiary/aromatic N) is 3. The predicted molar refractivity (Wildman–Crippen MR) is 67.0 cm³/mol. The van der Waals surface area contributed by atoms with Crippen molar-refractivity contribution in [3.8, 4) is 6.07 Å². The van der Waals surface area contributed by atoms with Crippen molar-refractivity contribution in [1.82, 2.24) is 0 Å². The maximum Gasteiger partial charge on any atom is 0.502 e. The number of carbonyl (C=O) groups is 1. The maximum absolute atomic E-state index is 12.2. The molecule has 0 saturated carbocycles. The van der Waals surface area contributed by atoms with Gasteiger partial charge in [0.25, 0.3) is 0 Å². The van der Waals surface area contributed by atoms with Gasteiger partial charge in [0.1, 0.15) is 18.1 Å². The van der Waals surface area contributed by atoms with Crippen LogP contribution >= 0.6 is 0 Å². The van der Waals surface area contributed by atoms with Crippen molar-refractivity contribution < 1.29 is 9.36 Å². The molecule has 0 unspecified atom stereocenters. The van der Waals surface area contributed by atoms with E-state index >= 15 is 0 Å². The lowest BCUT2D eigenvalue weighted by Crippen LogP contribution is -2.50. The average molecular weight is 238 g/mol. The van der Waals surface area contributed by atoms with Crippen LogP contribution in [0.4, 0.5) is 10.5 Å². The third kappa shape index (κ3) is 2.36. The number of anilines is 1. The van der Waals surface area contributed by atoms with Crippen molar-refractivity contribution in [3.05, 3.63) is 60.4 Å². The minimum atomic E-state index is -0.175. The molecule has 2 aromatic rings. The van der Waals surface area contributed by atoms with Gasteiger partial charge in [-0.15, -0.1) is 0 Å². The summed E-state index contributed by atoms with van der Waals surface area (Å²) in [5, 5.41) is 8.70. The summed E-state index contributed by atoms with van der Waals surface area (Å²) in [6, 6.07) is 14.4. The van der Waals surface area contributed by atoms with Crippen molar-refractivity contribution in [2.45, 2.75) is 0 Å². The highest BCUT2D eigenvalue weighted by Gasteiger charge is 2.21. The van der Waals surface area contributed by atoms with Gasteiger partial charge in [0, 0.05) is 0 Å². The maximum atomic E-state index is 12.2. The van der Waals surface area contributed by atoms with Crippen molar-refractivity contribution in [3.63, 3.8) is 0 Å². The van der Waals surface area contributed by atoms with E-state index in [1.54, 1.807) is 36.5 Å². The quantitative estimate of drug-likeness (QED) is 0.713. The van der Waals surface area contributed by atoms with Gasteiger partial charge in [0.2, 0.25) is 0 Å². The minimum absolute atomic E-state index is 0.175. The number of amides is 1. The van der Waals surface area contributed by atoms with E-state index in [-0.39, 0.29) is 6.03 Å². The van der Waals surface area contributed by atoms with Gasteiger partial charge in [-0.1, -0.05) is 18.2 Å². The van der Waals surface area contributed by atoms with E-state index in [9.17, 15) is 4.79 Å². The van der Waals surface area contributed by atoms with E-state index in [1.165, 1.54) is 4.57 Å². The smallest absolute Gasteiger partial charge is 0.196 e. The molecular weight excluding hydrogens is 226 g/mol. The van der Waals surface area contributed by atoms with Gasteiger partial charge in [0.05, 0.1) is 18.7 Å². The number of para-hydroxylation sites is 1. The van der Waals surface area contributed by atoms with Crippen LogP contribution in [0.15, 0.2) is 54.9 Å². The molecule has 0 aliphatic rings. The fourth-order valence-electron chi connectivity index (χ4n) is 1.56. The molecule has 4 heteroatoms. The Morgan fingerprint density at radius 2 is 1.78 bits per heavy atom. The molecule has 0 atom stereocenters. The van der Waals surface area contributed by atoms with E-state index in [4.69, 9.17) is 5.26 Å². The minimum Gasteiger partial charge on any atom is -0.196 e. The highest BCUT2D eigenvalue weighted by molar-refractivity contribution is 5.84. The van der Waals surface area contributed by atoms with Crippen LogP contribution in [0.1, 0.15) is 5.56 Å². The molecule has 0 bridgehead atoms. The average Bonchev–Trinajstić information content (AvgIpc) is 2.47. The molecule has 0 radical (unpaired) electrons. The highest BCUT2D eigenvalue weighted by atomic mass is 16.2. The van der Waals surface area contributed by atoms with E-state index < -0.39 is 0 Å². The molecule has 0 N–H and O–H groups in total. The first-order valence-electron chi connectivity index (χ1n) is 5.47. The zero-order chi connectivity index (χ0) is 13.0. The Morgan fingerprint density at radius 3 is 2.33 bits per heavy atom. The monoisotopic (exact) mass is 238 g/mol. The zero-order valence-corrected chi connectivity index (χ0v) is 9.95. The summed E-state index contributed by atoms with van der Waals surface area (Å²) in [6.45, 7) is 0. The molecule has 1 heterocycles. The van der Waals surface area contributed by atoms with Crippen molar-refractivity contribution in [2.24, 2.45) is 0 Å². The molecule has 1 aromatic carbocycles. The first-order valence-corrected chi connectivity index (χ1v) is 5.47. The molecule has 18 heavy (non-hydrogen) atoms.